The molecule has 1 unspecified atom stereocenters. The van der Waals surface area contributed by atoms with Gasteiger partial charge in [0, 0.05) is 24.5 Å². The second-order valence-corrected chi connectivity index (χ2v) is 13.1. The van der Waals surface area contributed by atoms with E-state index in [2.05, 4.69) is 5.32 Å². The zero-order chi connectivity index (χ0) is 31.9. The van der Waals surface area contributed by atoms with Gasteiger partial charge in [0.2, 0.25) is 11.8 Å². The van der Waals surface area contributed by atoms with E-state index in [1.54, 1.807) is 30.3 Å². The standard InChI is InChI=1S/C35H38ClN3O4S/c1-5-37-35(41)33(21-28-9-7-6-8-10-28)38(23-29-16-11-25(2)12-17-29)34(40)24-39(30-18-15-27(4)32(36)22-30)44(42,43)31-19-13-26(3)14-20-31/h6-20,22,33H,5,21,23-24H2,1-4H3,(H,37,41). The van der Waals surface area contributed by atoms with Crippen molar-refractivity contribution in [3.05, 3.63) is 130 Å². The van der Waals surface area contributed by atoms with Gasteiger partial charge >= 0.3 is 0 Å². The number of sulfonamides is 1. The van der Waals surface area contributed by atoms with E-state index in [1.807, 2.05) is 82.3 Å². The molecular formula is C35H38ClN3O4S. The van der Waals surface area contributed by atoms with Crippen molar-refractivity contribution in [3.63, 3.8) is 0 Å². The van der Waals surface area contributed by atoms with Crippen molar-refractivity contribution in [2.24, 2.45) is 0 Å². The van der Waals surface area contributed by atoms with Gasteiger partial charge in [-0.3, -0.25) is 13.9 Å². The largest absolute Gasteiger partial charge is 0.355 e. The fraction of sp³-hybridized carbons (Fsp3) is 0.257. The highest BCUT2D eigenvalue weighted by molar-refractivity contribution is 7.92. The normalized spacial score (nSPS) is 11.9. The van der Waals surface area contributed by atoms with Gasteiger partial charge in [-0.15, -0.1) is 0 Å². The molecule has 230 valence electrons. The Morgan fingerprint density at radius 1 is 0.818 bits per heavy atom. The summed E-state index contributed by atoms with van der Waals surface area (Å²) in [5, 5.41) is 3.25. The lowest BCUT2D eigenvalue weighted by Crippen LogP contribution is -2.53. The molecule has 0 aromatic heterocycles. The van der Waals surface area contributed by atoms with Crippen LogP contribution in [0.1, 0.15) is 34.7 Å². The zero-order valence-corrected chi connectivity index (χ0v) is 27.0. The number of nitrogens with one attached hydrogen (secondary N) is 1. The van der Waals surface area contributed by atoms with Crippen LogP contribution in [0.5, 0.6) is 0 Å². The summed E-state index contributed by atoms with van der Waals surface area (Å²) < 4.78 is 29.3. The lowest BCUT2D eigenvalue weighted by Gasteiger charge is -2.34. The summed E-state index contributed by atoms with van der Waals surface area (Å²) in [6, 6.07) is 27.7. The van der Waals surface area contributed by atoms with Gasteiger partial charge in [0.1, 0.15) is 12.6 Å². The lowest BCUT2D eigenvalue weighted by atomic mass is 10.0. The molecule has 9 heteroatoms. The summed E-state index contributed by atoms with van der Waals surface area (Å²) in [5.41, 5.74) is 4.68. The molecule has 0 aliphatic rings. The van der Waals surface area contributed by atoms with Crippen LogP contribution in [0, 0.1) is 20.8 Å². The summed E-state index contributed by atoms with van der Waals surface area (Å²) in [4.78, 5) is 29.5. The minimum absolute atomic E-state index is 0.0437. The van der Waals surface area contributed by atoms with E-state index in [1.165, 1.54) is 17.0 Å². The number of hydrogen-bond acceptors (Lipinski definition) is 4. The molecule has 4 aromatic rings. The third-order valence-corrected chi connectivity index (χ3v) is 9.62. The molecule has 44 heavy (non-hydrogen) atoms. The van der Waals surface area contributed by atoms with Crippen LogP contribution in [-0.2, 0) is 32.6 Å². The highest BCUT2D eigenvalue weighted by Gasteiger charge is 2.34. The Bertz CT molecular complexity index is 1690. The number of benzene rings is 4. The molecule has 0 aliphatic heterocycles. The second-order valence-electron chi connectivity index (χ2n) is 10.9. The van der Waals surface area contributed by atoms with Crippen molar-refractivity contribution in [1.29, 1.82) is 0 Å². The fourth-order valence-electron chi connectivity index (χ4n) is 4.84. The predicted molar refractivity (Wildman–Crippen MR) is 176 cm³/mol. The highest BCUT2D eigenvalue weighted by atomic mass is 35.5. The number of carbonyl (C=O) groups is 2. The van der Waals surface area contributed by atoms with Gasteiger partial charge in [0.25, 0.3) is 10.0 Å². The fourth-order valence-corrected chi connectivity index (χ4v) is 6.42. The molecule has 0 bridgehead atoms. The number of nitrogens with zero attached hydrogens (tertiary/aromatic N) is 2. The Morgan fingerprint density at radius 2 is 1.43 bits per heavy atom. The first-order valence-corrected chi connectivity index (χ1v) is 16.3. The average molecular weight is 632 g/mol. The van der Waals surface area contributed by atoms with E-state index in [0.717, 1.165) is 32.1 Å². The molecule has 0 heterocycles. The van der Waals surface area contributed by atoms with Gasteiger partial charge in [-0.1, -0.05) is 95.5 Å². The first-order valence-electron chi connectivity index (χ1n) is 14.5. The van der Waals surface area contributed by atoms with Crippen LogP contribution in [0.25, 0.3) is 0 Å². The van der Waals surface area contributed by atoms with Crippen LogP contribution >= 0.6 is 11.6 Å². The van der Waals surface area contributed by atoms with Gasteiger partial charge in [-0.05, 0) is 68.7 Å². The smallest absolute Gasteiger partial charge is 0.264 e. The second kappa shape index (κ2) is 14.6. The van der Waals surface area contributed by atoms with E-state index in [0.29, 0.717) is 11.6 Å². The summed E-state index contributed by atoms with van der Waals surface area (Å²) in [6.45, 7) is 7.44. The SMILES string of the molecule is CCNC(=O)C(Cc1ccccc1)N(Cc1ccc(C)cc1)C(=O)CN(c1ccc(C)c(Cl)c1)S(=O)(=O)c1ccc(C)cc1. The molecule has 2 amide bonds. The number of rotatable bonds is 12. The van der Waals surface area contributed by atoms with Gasteiger partial charge < -0.3 is 10.2 Å². The number of likely N-dealkylation sites (N-methyl/N-ethyl adjacent to an activating group) is 1. The van der Waals surface area contributed by atoms with Crippen LogP contribution in [0.3, 0.4) is 0 Å². The summed E-state index contributed by atoms with van der Waals surface area (Å²) in [7, 11) is -4.20. The van der Waals surface area contributed by atoms with Crippen molar-refractivity contribution in [3.8, 4) is 0 Å². The number of halogens is 1. The highest BCUT2D eigenvalue weighted by Crippen LogP contribution is 2.29. The van der Waals surface area contributed by atoms with Gasteiger partial charge in [-0.25, -0.2) is 8.42 Å². The molecule has 0 saturated heterocycles. The molecule has 7 nitrogen and oxygen atoms in total. The molecule has 0 spiro atoms. The van der Waals surface area contributed by atoms with E-state index < -0.39 is 28.5 Å². The van der Waals surface area contributed by atoms with Crippen LogP contribution in [0.15, 0.2) is 102 Å². The Balaban J connectivity index is 1.81. The van der Waals surface area contributed by atoms with E-state index in [-0.39, 0.29) is 29.5 Å². The van der Waals surface area contributed by atoms with Crippen LogP contribution in [-0.4, -0.2) is 44.3 Å². The third-order valence-electron chi connectivity index (χ3n) is 7.43. The summed E-state index contributed by atoms with van der Waals surface area (Å²) in [6.07, 6.45) is 0.255. The Kier molecular flexibility index (Phi) is 10.8. The maximum absolute atomic E-state index is 14.4. The molecule has 0 saturated carbocycles. The molecule has 0 radical (unpaired) electrons. The molecule has 0 fully saturated rings. The van der Waals surface area contributed by atoms with Crippen molar-refractivity contribution in [2.75, 3.05) is 17.4 Å². The molecule has 1 N–H and O–H groups in total. The Labute approximate surface area is 265 Å². The monoisotopic (exact) mass is 631 g/mol. The van der Waals surface area contributed by atoms with Gasteiger partial charge in [0.05, 0.1) is 10.6 Å². The van der Waals surface area contributed by atoms with Crippen LogP contribution in [0.2, 0.25) is 5.02 Å². The molecular weight excluding hydrogens is 594 g/mol. The lowest BCUT2D eigenvalue weighted by molar-refractivity contribution is -0.140. The third kappa shape index (κ3) is 8.07. The van der Waals surface area contributed by atoms with Gasteiger partial charge in [-0.2, -0.15) is 0 Å². The van der Waals surface area contributed by atoms with E-state index in [9.17, 15) is 18.0 Å². The summed E-state index contributed by atoms with van der Waals surface area (Å²) in [5.74, 6) is -0.840. The number of amides is 2. The van der Waals surface area contributed by atoms with Crippen molar-refractivity contribution < 1.29 is 18.0 Å². The molecule has 4 rings (SSSR count). The van der Waals surface area contributed by atoms with E-state index >= 15 is 0 Å². The number of carbonyl (C=O) groups excluding carboxylic acids is 2. The first kappa shape index (κ1) is 32.8. The quantitative estimate of drug-likeness (QED) is 0.201. The molecule has 0 aliphatic carbocycles. The maximum atomic E-state index is 14.4. The Hall–Kier alpha value is -4.14. The first-order chi connectivity index (χ1) is 21.0. The van der Waals surface area contributed by atoms with Crippen molar-refractivity contribution in [1.82, 2.24) is 10.2 Å². The minimum atomic E-state index is -4.20. The average Bonchev–Trinajstić information content (AvgIpc) is 3.00. The number of anilines is 1. The molecule has 4 aromatic carbocycles. The van der Waals surface area contributed by atoms with Crippen LogP contribution in [0.4, 0.5) is 5.69 Å². The van der Waals surface area contributed by atoms with Crippen LogP contribution < -0.4 is 9.62 Å². The zero-order valence-electron chi connectivity index (χ0n) is 25.5. The predicted octanol–water partition coefficient (Wildman–Crippen LogP) is 6.24. The van der Waals surface area contributed by atoms with Crippen molar-refractivity contribution >= 4 is 39.1 Å². The van der Waals surface area contributed by atoms with Gasteiger partial charge in [0.15, 0.2) is 0 Å². The topological polar surface area (TPSA) is 86.8 Å². The minimum Gasteiger partial charge on any atom is -0.355 e. The van der Waals surface area contributed by atoms with E-state index in [4.69, 9.17) is 11.6 Å². The molecule has 1 atom stereocenters. The number of aryl methyl sites for hydroxylation is 3. The maximum Gasteiger partial charge on any atom is 0.264 e. The summed E-state index contributed by atoms with van der Waals surface area (Å²) >= 11 is 6.44. The number of hydrogen-bond donors (Lipinski definition) is 1. The Morgan fingerprint density at radius 3 is 2.02 bits per heavy atom. The van der Waals surface area contributed by atoms with Crippen molar-refractivity contribution in [2.45, 2.75) is 51.6 Å².